The third-order valence-corrected chi connectivity index (χ3v) is 6.70. The van der Waals surface area contributed by atoms with Crippen LogP contribution in [0.2, 0.25) is 5.02 Å². The largest absolute Gasteiger partial charge is 0.268 e. The molecule has 3 rings (SSSR count). The van der Waals surface area contributed by atoms with Gasteiger partial charge in [0.25, 0.3) is 5.56 Å². The van der Waals surface area contributed by atoms with E-state index < -0.39 is 0 Å². The molecule has 142 valence electrons. The van der Waals surface area contributed by atoms with E-state index in [9.17, 15) is 4.79 Å². The number of aromatic nitrogens is 2. The van der Waals surface area contributed by atoms with Crippen molar-refractivity contribution in [1.82, 2.24) is 9.55 Å². The topological polar surface area (TPSA) is 34.9 Å². The molecule has 0 N–H and O–H groups in total. The van der Waals surface area contributed by atoms with Crippen LogP contribution in [0.25, 0.3) is 16.6 Å². The first-order valence-corrected chi connectivity index (χ1v) is 11.7. The minimum absolute atomic E-state index is 0.0559. The Balaban J connectivity index is 2.13. The van der Waals surface area contributed by atoms with Crippen LogP contribution in [-0.2, 0) is 0 Å². The Morgan fingerprint density at radius 2 is 1.89 bits per heavy atom. The van der Waals surface area contributed by atoms with Crippen molar-refractivity contribution in [3.05, 3.63) is 63.4 Å². The Kier molecular flexibility index (Phi) is 6.90. The highest BCUT2D eigenvalue weighted by Gasteiger charge is 2.14. The van der Waals surface area contributed by atoms with Crippen molar-refractivity contribution < 1.29 is 0 Å². The van der Waals surface area contributed by atoms with E-state index in [1.165, 1.54) is 5.56 Å². The van der Waals surface area contributed by atoms with E-state index >= 15 is 0 Å². The van der Waals surface area contributed by atoms with Crippen molar-refractivity contribution in [2.75, 3.05) is 17.8 Å². The molecule has 3 nitrogen and oxygen atoms in total. The van der Waals surface area contributed by atoms with E-state index in [1.807, 2.05) is 12.1 Å². The molecular formula is C21H23ClN2OS2. The molecule has 27 heavy (non-hydrogen) atoms. The van der Waals surface area contributed by atoms with E-state index in [0.29, 0.717) is 27.0 Å². The summed E-state index contributed by atoms with van der Waals surface area (Å²) in [4.78, 5) is 18.0. The number of halogens is 1. The molecule has 0 spiro atoms. The third kappa shape index (κ3) is 4.53. The van der Waals surface area contributed by atoms with Crippen LogP contribution in [0.15, 0.2) is 52.4 Å². The first kappa shape index (κ1) is 20.3. The first-order valence-electron chi connectivity index (χ1n) is 8.99. The molecule has 0 unspecified atom stereocenters. The molecule has 6 heteroatoms. The quantitative estimate of drug-likeness (QED) is 0.267. The summed E-state index contributed by atoms with van der Waals surface area (Å²) in [6.45, 7) is 4.40. The zero-order valence-electron chi connectivity index (χ0n) is 15.7. The number of fused-ring (bicyclic) bond motifs is 1. The summed E-state index contributed by atoms with van der Waals surface area (Å²) in [5.74, 6) is 2.40. The van der Waals surface area contributed by atoms with Gasteiger partial charge in [-0.25, -0.2) is 4.98 Å². The first-order chi connectivity index (χ1) is 13.0. The number of benzene rings is 2. The molecule has 2 aromatic carbocycles. The molecule has 0 saturated heterocycles. The number of hydrogen-bond acceptors (Lipinski definition) is 4. The molecule has 0 amide bonds. The van der Waals surface area contributed by atoms with Crippen molar-refractivity contribution in [3.8, 4) is 5.69 Å². The van der Waals surface area contributed by atoms with Crippen LogP contribution >= 0.6 is 35.1 Å². The Morgan fingerprint density at radius 1 is 1.15 bits per heavy atom. The van der Waals surface area contributed by atoms with Gasteiger partial charge in [-0.2, -0.15) is 11.8 Å². The highest BCUT2D eigenvalue weighted by molar-refractivity contribution is 8.02. The Morgan fingerprint density at radius 3 is 2.56 bits per heavy atom. The summed E-state index contributed by atoms with van der Waals surface area (Å²) in [6.07, 6.45) is 3.17. The van der Waals surface area contributed by atoms with Gasteiger partial charge in [0, 0.05) is 16.5 Å². The van der Waals surface area contributed by atoms with Gasteiger partial charge in [0.2, 0.25) is 0 Å². The second-order valence-corrected chi connectivity index (χ2v) is 8.92. The van der Waals surface area contributed by atoms with Crippen LogP contribution in [-0.4, -0.2) is 27.3 Å². The van der Waals surface area contributed by atoms with Gasteiger partial charge < -0.3 is 0 Å². The molecule has 0 fully saturated rings. The number of hydrogen-bond donors (Lipinski definition) is 0. The molecular weight excluding hydrogens is 396 g/mol. The van der Waals surface area contributed by atoms with Crippen LogP contribution < -0.4 is 5.56 Å². The number of rotatable bonds is 7. The molecule has 1 atom stereocenters. The van der Waals surface area contributed by atoms with Gasteiger partial charge in [0.15, 0.2) is 5.16 Å². The van der Waals surface area contributed by atoms with Gasteiger partial charge >= 0.3 is 0 Å². The summed E-state index contributed by atoms with van der Waals surface area (Å²) >= 11 is 9.50. The zero-order chi connectivity index (χ0) is 19.4. The minimum Gasteiger partial charge on any atom is -0.268 e. The third-order valence-electron chi connectivity index (χ3n) is 4.65. The van der Waals surface area contributed by atoms with E-state index in [1.54, 1.807) is 46.3 Å². The predicted molar refractivity (Wildman–Crippen MR) is 120 cm³/mol. The molecule has 0 aliphatic carbocycles. The summed E-state index contributed by atoms with van der Waals surface area (Å²) < 4.78 is 1.72. The second-order valence-electron chi connectivity index (χ2n) is 6.44. The van der Waals surface area contributed by atoms with Gasteiger partial charge in [-0.15, -0.1) is 0 Å². The molecule has 0 saturated carbocycles. The van der Waals surface area contributed by atoms with Crippen LogP contribution in [0.1, 0.15) is 31.7 Å². The van der Waals surface area contributed by atoms with Crippen LogP contribution in [0.3, 0.4) is 0 Å². The van der Waals surface area contributed by atoms with Crippen LogP contribution in [0.4, 0.5) is 0 Å². The van der Waals surface area contributed by atoms with Gasteiger partial charge in [-0.3, -0.25) is 9.36 Å². The summed E-state index contributed by atoms with van der Waals surface area (Å²) in [6, 6.07) is 13.5. The number of thioether (sulfide) groups is 2. The van der Waals surface area contributed by atoms with Crippen molar-refractivity contribution >= 4 is 46.0 Å². The lowest BCUT2D eigenvalue weighted by atomic mass is 9.98. The summed E-state index contributed by atoms with van der Waals surface area (Å²) in [5, 5.41) is 1.88. The van der Waals surface area contributed by atoms with E-state index in [2.05, 4.69) is 32.2 Å². The number of nitrogens with zero attached hydrogens (tertiary/aromatic N) is 2. The van der Waals surface area contributed by atoms with Crippen LogP contribution in [0.5, 0.6) is 0 Å². The standard InChI is InChI=1S/C21H23ClN2OS2/c1-4-14(2)15-5-8-17(9-6-15)24-20(25)18-10-7-16(22)13-19(18)23-21(24)27-12-11-26-3/h5-10,13-14H,4,11-12H2,1-3H3/t14-/m0/s1. The molecule has 0 radical (unpaired) electrons. The highest BCUT2D eigenvalue weighted by Crippen LogP contribution is 2.25. The van der Waals surface area contributed by atoms with E-state index in [4.69, 9.17) is 16.6 Å². The molecule has 0 bridgehead atoms. The fourth-order valence-corrected chi connectivity index (χ4v) is 4.70. The minimum atomic E-state index is -0.0559. The van der Waals surface area contributed by atoms with E-state index in [-0.39, 0.29) is 5.56 Å². The summed E-state index contributed by atoms with van der Waals surface area (Å²) in [7, 11) is 0. The molecule has 1 aromatic heterocycles. The average molecular weight is 419 g/mol. The molecule has 1 heterocycles. The molecule has 0 aliphatic rings. The van der Waals surface area contributed by atoms with Crippen molar-refractivity contribution in [3.63, 3.8) is 0 Å². The lowest BCUT2D eigenvalue weighted by Crippen LogP contribution is -2.22. The van der Waals surface area contributed by atoms with Crippen LogP contribution in [0, 0.1) is 0 Å². The van der Waals surface area contributed by atoms with Crippen molar-refractivity contribution in [1.29, 1.82) is 0 Å². The lowest BCUT2D eigenvalue weighted by Gasteiger charge is -2.15. The zero-order valence-corrected chi connectivity index (χ0v) is 18.1. The van der Waals surface area contributed by atoms with Crippen molar-refractivity contribution in [2.24, 2.45) is 0 Å². The Hall–Kier alpha value is -1.43. The fraction of sp³-hybridized carbons (Fsp3) is 0.333. The van der Waals surface area contributed by atoms with E-state index in [0.717, 1.165) is 23.6 Å². The normalized spacial score (nSPS) is 12.4. The maximum Gasteiger partial charge on any atom is 0.266 e. The maximum absolute atomic E-state index is 13.2. The van der Waals surface area contributed by atoms with Gasteiger partial charge in [-0.1, -0.05) is 49.3 Å². The molecule has 3 aromatic rings. The second kappa shape index (κ2) is 9.18. The average Bonchev–Trinajstić information content (AvgIpc) is 2.67. The fourth-order valence-electron chi connectivity index (χ4n) is 2.87. The van der Waals surface area contributed by atoms with Gasteiger partial charge in [-0.05, 0) is 54.5 Å². The highest BCUT2D eigenvalue weighted by atomic mass is 35.5. The Bertz CT molecular complexity index is 986. The lowest BCUT2D eigenvalue weighted by molar-refractivity contribution is 0.732. The molecule has 0 aliphatic heterocycles. The van der Waals surface area contributed by atoms with Gasteiger partial charge in [0.05, 0.1) is 16.6 Å². The maximum atomic E-state index is 13.2. The predicted octanol–water partition coefficient (Wildman–Crippen LogP) is 6.01. The van der Waals surface area contributed by atoms with Gasteiger partial charge in [0.1, 0.15) is 0 Å². The monoisotopic (exact) mass is 418 g/mol. The SMILES string of the molecule is CC[C@H](C)c1ccc(-n2c(SCCSC)nc3cc(Cl)ccc3c2=O)cc1. The smallest absolute Gasteiger partial charge is 0.266 e. The summed E-state index contributed by atoms with van der Waals surface area (Å²) in [5.41, 5.74) is 2.72. The Labute approximate surface area is 173 Å². The van der Waals surface area contributed by atoms with Crippen molar-refractivity contribution in [2.45, 2.75) is 31.3 Å².